The van der Waals surface area contributed by atoms with Crippen LogP contribution in [0, 0.1) is 0 Å². The quantitative estimate of drug-likeness (QED) is 0.694. The SMILES string of the molecule is COc1ccc(OC[C@H](C)NC(=S)Nc2ccc(N3CCCC3=O)cc2)cc1. The molecule has 0 spiro atoms. The van der Waals surface area contributed by atoms with Gasteiger partial charge in [-0.2, -0.15) is 0 Å². The summed E-state index contributed by atoms with van der Waals surface area (Å²) in [6, 6.07) is 15.2. The Morgan fingerprint density at radius 3 is 2.43 bits per heavy atom. The zero-order valence-corrected chi connectivity index (χ0v) is 16.9. The van der Waals surface area contributed by atoms with Crippen molar-refractivity contribution in [1.82, 2.24) is 5.32 Å². The smallest absolute Gasteiger partial charge is 0.227 e. The molecule has 148 valence electrons. The van der Waals surface area contributed by atoms with Crippen LogP contribution in [0.4, 0.5) is 11.4 Å². The maximum atomic E-state index is 11.8. The van der Waals surface area contributed by atoms with E-state index >= 15 is 0 Å². The van der Waals surface area contributed by atoms with Gasteiger partial charge in [0, 0.05) is 24.3 Å². The summed E-state index contributed by atoms with van der Waals surface area (Å²) < 4.78 is 10.9. The fourth-order valence-corrected chi connectivity index (χ4v) is 3.29. The fraction of sp³-hybridized carbons (Fsp3) is 0.333. The summed E-state index contributed by atoms with van der Waals surface area (Å²) in [6.07, 6.45) is 1.55. The van der Waals surface area contributed by atoms with Gasteiger partial charge in [-0.25, -0.2) is 0 Å². The number of anilines is 2. The van der Waals surface area contributed by atoms with Crippen molar-refractivity contribution in [1.29, 1.82) is 0 Å². The lowest BCUT2D eigenvalue weighted by Crippen LogP contribution is -2.39. The number of carbonyl (C=O) groups is 1. The highest BCUT2D eigenvalue weighted by atomic mass is 32.1. The van der Waals surface area contributed by atoms with Gasteiger partial charge in [0.1, 0.15) is 18.1 Å². The highest BCUT2D eigenvalue weighted by molar-refractivity contribution is 7.80. The third-order valence-electron chi connectivity index (χ3n) is 4.45. The van der Waals surface area contributed by atoms with Crippen molar-refractivity contribution >= 4 is 34.6 Å². The lowest BCUT2D eigenvalue weighted by atomic mass is 10.2. The van der Waals surface area contributed by atoms with Gasteiger partial charge in [-0.05, 0) is 74.1 Å². The van der Waals surface area contributed by atoms with Crippen molar-refractivity contribution in [3.05, 3.63) is 48.5 Å². The number of ether oxygens (including phenoxy) is 2. The normalized spacial score (nSPS) is 14.5. The highest BCUT2D eigenvalue weighted by Gasteiger charge is 2.21. The molecule has 7 heteroatoms. The Morgan fingerprint density at radius 1 is 1.14 bits per heavy atom. The van der Waals surface area contributed by atoms with Crippen LogP contribution in [-0.2, 0) is 4.79 Å². The van der Waals surface area contributed by atoms with Gasteiger partial charge >= 0.3 is 0 Å². The molecule has 0 aromatic heterocycles. The van der Waals surface area contributed by atoms with Gasteiger partial charge in [0.05, 0.1) is 13.2 Å². The largest absolute Gasteiger partial charge is 0.497 e. The number of nitrogens with one attached hydrogen (secondary N) is 2. The van der Waals surface area contributed by atoms with Gasteiger partial charge in [0.2, 0.25) is 5.91 Å². The molecule has 1 aliphatic rings. The van der Waals surface area contributed by atoms with Crippen LogP contribution in [0.3, 0.4) is 0 Å². The Labute approximate surface area is 170 Å². The molecule has 2 aromatic rings. The van der Waals surface area contributed by atoms with Crippen molar-refractivity contribution in [3.8, 4) is 11.5 Å². The maximum absolute atomic E-state index is 11.8. The van der Waals surface area contributed by atoms with Crippen LogP contribution in [0.15, 0.2) is 48.5 Å². The van der Waals surface area contributed by atoms with E-state index in [0.29, 0.717) is 18.1 Å². The number of methoxy groups -OCH3 is 1. The predicted octanol–water partition coefficient (Wildman–Crippen LogP) is 3.58. The minimum absolute atomic E-state index is 0.0311. The van der Waals surface area contributed by atoms with Crippen molar-refractivity contribution in [3.63, 3.8) is 0 Å². The third kappa shape index (κ3) is 5.36. The number of carbonyl (C=O) groups excluding carboxylic acids is 1. The first-order valence-electron chi connectivity index (χ1n) is 9.30. The van der Waals surface area contributed by atoms with Gasteiger partial charge in [-0.15, -0.1) is 0 Å². The first-order chi connectivity index (χ1) is 13.5. The molecule has 1 aliphatic heterocycles. The molecule has 0 radical (unpaired) electrons. The monoisotopic (exact) mass is 399 g/mol. The summed E-state index contributed by atoms with van der Waals surface area (Å²) in [5.41, 5.74) is 1.80. The molecule has 1 saturated heterocycles. The molecule has 2 aromatic carbocycles. The van der Waals surface area contributed by atoms with E-state index in [2.05, 4.69) is 10.6 Å². The van der Waals surface area contributed by atoms with Crippen molar-refractivity contribution in [2.45, 2.75) is 25.8 Å². The van der Waals surface area contributed by atoms with Crippen molar-refractivity contribution in [2.24, 2.45) is 0 Å². The second kappa shape index (κ2) is 9.41. The van der Waals surface area contributed by atoms with Crippen LogP contribution in [0.25, 0.3) is 0 Å². The zero-order valence-electron chi connectivity index (χ0n) is 16.1. The molecule has 0 bridgehead atoms. The Balaban J connectivity index is 1.44. The molecule has 3 rings (SSSR count). The second-order valence-corrected chi connectivity index (χ2v) is 7.09. The van der Waals surface area contributed by atoms with Crippen LogP contribution >= 0.6 is 12.2 Å². The molecule has 28 heavy (non-hydrogen) atoms. The molecule has 0 aliphatic carbocycles. The van der Waals surface area contributed by atoms with Gasteiger partial charge in [0.15, 0.2) is 5.11 Å². The van der Waals surface area contributed by atoms with E-state index in [9.17, 15) is 4.79 Å². The average molecular weight is 400 g/mol. The maximum Gasteiger partial charge on any atom is 0.227 e. The summed E-state index contributed by atoms with van der Waals surface area (Å²) >= 11 is 5.38. The van der Waals surface area contributed by atoms with Crippen LogP contribution < -0.4 is 25.0 Å². The van der Waals surface area contributed by atoms with E-state index in [1.54, 1.807) is 7.11 Å². The predicted molar refractivity (Wildman–Crippen MR) is 115 cm³/mol. The second-order valence-electron chi connectivity index (χ2n) is 6.68. The van der Waals surface area contributed by atoms with Crippen LogP contribution in [0.5, 0.6) is 11.5 Å². The Morgan fingerprint density at radius 2 is 1.82 bits per heavy atom. The molecule has 1 heterocycles. The van der Waals surface area contributed by atoms with E-state index in [1.807, 2.05) is 60.4 Å². The summed E-state index contributed by atoms with van der Waals surface area (Å²) in [5, 5.41) is 6.89. The van der Waals surface area contributed by atoms with E-state index in [-0.39, 0.29) is 11.9 Å². The Kier molecular flexibility index (Phi) is 6.71. The van der Waals surface area contributed by atoms with Gasteiger partial charge < -0.3 is 25.0 Å². The third-order valence-corrected chi connectivity index (χ3v) is 4.67. The number of benzene rings is 2. The number of hydrogen-bond donors (Lipinski definition) is 2. The molecule has 2 N–H and O–H groups in total. The lowest BCUT2D eigenvalue weighted by Gasteiger charge is -2.19. The van der Waals surface area contributed by atoms with Crippen LogP contribution in [-0.4, -0.2) is 37.3 Å². The summed E-state index contributed by atoms with van der Waals surface area (Å²) in [5.74, 6) is 1.76. The van der Waals surface area contributed by atoms with Gasteiger partial charge in [-0.1, -0.05) is 0 Å². The van der Waals surface area contributed by atoms with Crippen molar-refractivity contribution in [2.75, 3.05) is 30.5 Å². The molecule has 0 unspecified atom stereocenters. The first kappa shape index (κ1) is 19.9. The Hall–Kier alpha value is -2.80. The molecule has 1 amide bonds. The first-order valence-corrected chi connectivity index (χ1v) is 9.71. The van der Waals surface area contributed by atoms with Crippen LogP contribution in [0.1, 0.15) is 19.8 Å². The summed E-state index contributed by atoms with van der Waals surface area (Å²) in [4.78, 5) is 13.6. The number of rotatable bonds is 7. The molecule has 1 atom stereocenters. The van der Waals surface area contributed by atoms with E-state index < -0.39 is 0 Å². The van der Waals surface area contributed by atoms with Crippen molar-refractivity contribution < 1.29 is 14.3 Å². The Bertz CT molecular complexity index is 809. The minimum Gasteiger partial charge on any atom is -0.497 e. The van der Waals surface area contributed by atoms with Gasteiger partial charge in [-0.3, -0.25) is 4.79 Å². The number of thiocarbonyl (C=S) groups is 1. The highest BCUT2D eigenvalue weighted by Crippen LogP contribution is 2.23. The zero-order chi connectivity index (χ0) is 19.9. The number of amides is 1. The van der Waals surface area contributed by atoms with E-state index in [0.717, 1.165) is 35.8 Å². The standard InChI is InChI=1S/C21H25N3O3S/c1-15(14-27-19-11-9-18(26-2)10-12-19)22-21(28)23-16-5-7-17(8-6-16)24-13-3-4-20(24)25/h5-12,15H,3-4,13-14H2,1-2H3,(H2,22,23,28)/t15-/m0/s1. The number of nitrogens with zero attached hydrogens (tertiary/aromatic N) is 1. The van der Waals surface area contributed by atoms with E-state index in [4.69, 9.17) is 21.7 Å². The molecule has 6 nitrogen and oxygen atoms in total. The molecular weight excluding hydrogens is 374 g/mol. The topological polar surface area (TPSA) is 62.8 Å². The lowest BCUT2D eigenvalue weighted by molar-refractivity contribution is -0.117. The fourth-order valence-electron chi connectivity index (χ4n) is 2.97. The molecule has 1 fully saturated rings. The summed E-state index contributed by atoms with van der Waals surface area (Å²) in [6.45, 7) is 3.26. The molecular formula is C21H25N3O3S. The summed E-state index contributed by atoms with van der Waals surface area (Å²) in [7, 11) is 1.63. The minimum atomic E-state index is 0.0311. The molecule has 0 saturated carbocycles. The van der Waals surface area contributed by atoms with Crippen LogP contribution in [0.2, 0.25) is 0 Å². The van der Waals surface area contributed by atoms with E-state index in [1.165, 1.54) is 0 Å². The van der Waals surface area contributed by atoms with Gasteiger partial charge in [0.25, 0.3) is 0 Å². The average Bonchev–Trinajstić information content (AvgIpc) is 3.13. The number of hydrogen-bond acceptors (Lipinski definition) is 4.